The first-order valence-electron chi connectivity index (χ1n) is 10.8. The minimum atomic E-state index is -0.922. The highest BCUT2D eigenvalue weighted by Crippen LogP contribution is 2.26. The van der Waals surface area contributed by atoms with Gasteiger partial charge >= 0.3 is 6.09 Å². The normalized spacial score (nSPS) is 20.0. The maximum absolute atomic E-state index is 13.4. The second-order valence-electron chi connectivity index (χ2n) is 8.22. The van der Waals surface area contributed by atoms with Crippen molar-refractivity contribution in [3.63, 3.8) is 0 Å². The van der Waals surface area contributed by atoms with Gasteiger partial charge < -0.3 is 20.3 Å². The van der Waals surface area contributed by atoms with Crippen molar-refractivity contribution in [2.75, 3.05) is 19.6 Å². The number of nitrogens with zero attached hydrogens (tertiary/aromatic N) is 2. The van der Waals surface area contributed by atoms with E-state index in [1.165, 1.54) is 0 Å². The minimum absolute atomic E-state index is 0.157. The van der Waals surface area contributed by atoms with E-state index < -0.39 is 17.7 Å². The number of carbonyl (C=O) groups is 2. The van der Waals surface area contributed by atoms with Gasteiger partial charge in [0.2, 0.25) is 0 Å². The number of likely N-dealkylation sites (N-methyl/N-ethyl adjacent to an activating group) is 1. The highest BCUT2D eigenvalue weighted by molar-refractivity contribution is 5.84. The molecule has 1 aromatic rings. The summed E-state index contributed by atoms with van der Waals surface area (Å²) in [6.45, 7) is 7.80. The van der Waals surface area contributed by atoms with Gasteiger partial charge in [-0.25, -0.2) is 4.79 Å². The maximum atomic E-state index is 13.4. The van der Waals surface area contributed by atoms with Crippen LogP contribution in [0.2, 0.25) is 0 Å². The number of hydrogen-bond acceptors (Lipinski definition) is 5. The van der Waals surface area contributed by atoms with Crippen LogP contribution in [0.1, 0.15) is 52.0 Å². The lowest BCUT2D eigenvalue weighted by Crippen LogP contribution is -2.58. The quantitative estimate of drug-likeness (QED) is 0.681. The summed E-state index contributed by atoms with van der Waals surface area (Å²) < 4.78 is 5.57. The van der Waals surface area contributed by atoms with E-state index >= 15 is 0 Å². The molecule has 0 aromatic heterocycles. The molecule has 0 aliphatic carbocycles. The molecule has 2 rings (SSSR count). The molecule has 2 atom stereocenters. The van der Waals surface area contributed by atoms with Gasteiger partial charge in [0.05, 0.1) is 6.07 Å². The molecule has 2 N–H and O–H groups in total. The SMILES string of the molecule is CCN(C(=O)C(CC(C)C)OC(=O)NCc1ccccc1)C1(C#N)CCCCNC1. The molecule has 1 aliphatic heterocycles. The number of benzene rings is 1. The third-order valence-corrected chi connectivity index (χ3v) is 5.41. The zero-order chi connectivity index (χ0) is 22.0. The molecule has 1 heterocycles. The molecular formula is C23H34N4O3. The van der Waals surface area contributed by atoms with E-state index in [0.717, 1.165) is 24.9 Å². The first kappa shape index (κ1) is 23.7. The third-order valence-electron chi connectivity index (χ3n) is 5.41. The molecule has 2 amide bonds. The molecule has 1 fully saturated rings. The number of ether oxygens (including phenoxy) is 1. The van der Waals surface area contributed by atoms with E-state index in [-0.39, 0.29) is 11.8 Å². The van der Waals surface area contributed by atoms with Crippen LogP contribution >= 0.6 is 0 Å². The van der Waals surface area contributed by atoms with Crippen molar-refractivity contribution in [3.8, 4) is 6.07 Å². The molecule has 1 saturated heterocycles. The molecule has 1 aliphatic rings. The van der Waals surface area contributed by atoms with Crippen molar-refractivity contribution in [3.05, 3.63) is 35.9 Å². The van der Waals surface area contributed by atoms with Crippen molar-refractivity contribution in [2.24, 2.45) is 5.92 Å². The van der Waals surface area contributed by atoms with Gasteiger partial charge in [-0.2, -0.15) is 5.26 Å². The van der Waals surface area contributed by atoms with E-state index in [0.29, 0.717) is 32.5 Å². The average molecular weight is 415 g/mol. The van der Waals surface area contributed by atoms with Crippen molar-refractivity contribution < 1.29 is 14.3 Å². The van der Waals surface area contributed by atoms with Crippen LogP contribution in [0.15, 0.2) is 30.3 Å². The summed E-state index contributed by atoms with van der Waals surface area (Å²) in [4.78, 5) is 27.5. The van der Waals surface area contributed by atoms with Gasteiger partial charge in [-0.05, 0) is 50.6 Å². The number of nitrogens with one attached hydrogen (secondary N) is 2. The topological polar surface area (TPSA) is 94.5 Å². The Labute approximate surface area is 179 Å². The van der Waals surface area contributed by atoms with Gasteiger partial charge in [-0.3, -0.25) is 4.79 Å². The molecule has 1 aromatic carbocycles. The number of nitriles is 1. The fraction of sp³-hybridized carbons (Fsp3) is 0.609. The lowest BCUT2D eigenvalue weighted by molar-refractivity contribution is -0.145. The molecule has 30 heavy (non-hydrogen) atoms. The summed E-state index contributed by atoms with van der Waals surface area (Å²) in [5.41, 5.74) is 0.0332. The molecule has 0 bridgehead atoms. The largest absolute Gasteiger partial charge is 0.436 e. The molecule has 0 saturated carbocycles. The van der Waals surface area contributed by atoms with Gasteiger partial charge in [0, 0.05) is 19.6 Å². The van der Waals surface area contributed by atoms with Gasteiger partial charge in [-0.1, -0.05) is 44.2 Å². The molecule has 0 radical (unpaired) electrons. The van der Waals surface area contributed by atoms with Crippen LogP contribution in [-0.4, -0.2) is 48.2 Å². The maximum Gasteiger partial charge on any atom is 0.408 e. The van der Waals surface area contributed by atoms with Crippen molar-refractivity contribution >= 4 is 12.0 Å². The van der Waals surface area contributed by atoms with Gasteiger partial charge in [0.25, 0.3) is 5.91 Å². The predicted molar refractivity (Wildman–Crippen MR) is 115 cm³/mol. The van der Waals surface area contributed by atoms with E-state index in [1.807, 2.05) is 51.1 Å². The Morgan fingerprint density at radius 2 is 2.03 bits per heavy atom. The first-order chi connectivity index (χ1) is 14.4. The van der Waals surface area contributed by atoms with Crippen LogP contribution in [0.25, 0.3) is 0 Å². The molecule has 7 heteroatoms. The highest BCUT2D eigenvalue weighted by Gasteiger charge is 2.42. The van der Waals surface area contributed by atoms with E-state index in [2.05, 4.69) is 16.7 Å². The Balaban J connectivity index is 2.12. The summed E-state index contributed by atoms with van der Waals surface area (Å²) in [7, 11) is 0. The molecule has 2 unspecified atom stereocenters. The van der Waals surface area contributed by atoms with Crippen LogP contribution in [0, 0.1) is 17.2 Å². The average Bonchev–Trinajstić information content (AvgIpc) is 2.99. The van der Waals surface area contributed by atoms with Gasteiger partial charge in [-0.15, -0.1) is 0 Å². The van der Waals surface area contributed by atoms with Crippen LogP contribution in [-0.2, 0) is 16.1 Å². The van der Waals surface area contributed by atoms with Crippen LogP contribution in [0.4, 0.5) is 4.79 Å². The Morgan fingerprint density at radius 3 is 2.67 bits per heavy atom. The van der Waals surface area contributed by atoms with E-state index in [1.54, 1.807) is 4.90 Å². The number of amides is 2. The highest BCUT2D eigenvalue weighted by atomic mass is 16.6. The summed E-state index contributed by atoms with van der Waals surface area (Å²) in [6, 6.07) is 11.9. The molecule has 0 spiro atoms. The van der Waals surface area contributed by atoms with Crippen LogP contribution < -0.4 is 10.6 Å². The van der Waals surface area contributed by atoms with E-state index in [9.17, 15) is 14.9 Å². The number of carbonyl (C=O) groups excluding carboxylic acids is 2. The first-order valence-corrected chi connectivity index (χ1v) is 10.8. The van der Waals surface area contributed by atoms with Crippen molar-refractivity contribution in [1.82, 2.24) is 15.5 Å². The summed E-state index contributed by atoms with van der Waals surface area (Å²) in [5.74, 6) is -0.142. The monoisotopic (exact) mass is 414 g/mol. The fourth-order valence-electron chi connectivity index (χ4n) is 3.85. The van der Waals surface area contributed by atoms with Gasteiger partial charge in [0.1, 0.15) is 5.54 Å². The van der Waals surface area contributed by atoms with Gasteiger partial charge in [0.15, 0.2) is 6.10 Å². The zero-order valence-electron chi connectivity index (χ0n) is 18.3. The Hall–Kier alpha value is -2.59. The zero-order valence-corrected chi connectivity index (χ0v) is 18.3. The summed E-state index contributed by atoms with van der Waals surface area (Å²) in [5, 5.41) is 16.0. The van der Waals surface area contributed by atoms with Crippen LogP contribution in [0.5, 0.6) is 0 Å². The lowest BCUT2D eigenvalue weighted by atomic mass is 9.91. The standard InChI is InChI=1S/C23H34N4O3/c1-4-27(23(16-24)12-8-9-13-25-17-23)21(28)20(14-18(2)3)30-22(29)26-15-19-10-6-5-7-11-19/h5-7,10-11,18,20,25H,4,8-9,12-15,17H2,1-3H3,(H,26,29). The second-order valence-corrected chi connectivity index (χ2v) is 8.22. The summed E-state index contributed by atoms with van der Waals surface area (Å²) >= 11 is 0. The van der Waals surface area contributed by atoms with Crippen molar-refractivity contribution in [1.29, 1.82) is 5.26 Å². The Bertz CT molecular complexity index is 722. The minimum Gasteiger partial charge on any atom is -0.436 e. The number of rotatable bonds is 8. The fourth-order valence-corrected chi connectivity index (χ4v) is 3.85. The third kappa shape index (κ3) is 6.46. The smallest absolute Gasteiger partial charge is 0.408 e. The molecule has 164 valence electrons. The lowest BCUT2D eigenvalue weighted by Gasteiger charge is -2.39. The van der Waals surface area contributed by atoms with Crippen LogP contribution in [0.3, 0.4) is 0 Å². The van der Waals surface area contributed by atoms with E-state index in [4.69, 9.17) is 4.74 Å². The Morgan fingerprint density at radius 1 is 1.30 bits per heavy atom. The summed E-state index contributed by atoms with van der Waals surface area (Å²) in [6.07, 6.45) is 1.32. The predicted octanol–water partition coefficient (Wildman–Crippen LogP) is 3.21. The second kappa shape index (κ2) is 11.6. The molecule has 7 nitrogen and oxygen atoms in total. The number of alkyl carbamates (subject to hydrolysis) is 1. The van der Waals surface area contributed by atoms with Crippen molar-refractivity contribution in [2.45, 2.75) is 64.6 Å². The number of hydrogen-bond donors (Lipinski definition) is 2. The molecular weight excluding hydrogens is 380 g/mol. The Kier molecular flexibility index (Phi) is 9.13.